The lowest BCUT2D eigenvalue weighted by Gasteiger charge is -2.14. The van der Waals surface area contributed by atoms with Crippen molar-refractivity contribution in [3.05, 3.63) is 47.0 Å². The Morgan fingerprint density at radius 1 is 1.38 bits per heavy atom. The van der Waals surface area contributed by atoms with Crippen molar-refractivity contribution < 1.29 is 4.39 Å². The third-order valence-electron chi connectivity index (χ3n) is 2.42. The van der Waals surface area contributed by atoms with E-state index in [0.29, 0.717) is 0 Å². The molecule has 0 spiro atoms. The Labute approximate surface area is 92.9 Å². The highest BCUT2D eigenvalue weighted by atomic mass is 19.1. The molecule has 0 saturated heterocycles. The lowest BCUT2D eigenvalue weighted by molar-refractivity contribution is 0.612. The maximum absolute atomic E-state index is 13.3. The minimum atomic E-state index is -0.237. The maximum atomic E-state index is 13.3. The molecule has 0 aliphatic rings. The number of rotatable bonds is 3. The van der Waals surface area contributed by atoms with Crippen LogP contribution in [-0.2, 0) is 0 Å². The molecule has 2 aromatic rings. The molecule has 0 amide bonds. The predicted octanol–water partition coefficient (Wildman–Crippen LogP) is 1.56. The van der Waals surface area contributed by atoms with Gasteiger partial charge in [0, 0.05) is 0 Å². The van der Waals surface area contributed by atoms with Gasteiger partial charge in [-0.1, -0.05) is 6.07 Å². The summed E-state index contributed by atoms with van der Waals surface area (Å²) in [5.41, 5.74) is 2.47. The van der Waals surface area contributed by atoms with Gasteiger partial charge in [-0.15, -0.1) is 0 Å². The van der Waals surface area contributed by atoms with Gasteiger partial charge in [-0.3, -0.25) is 0 Å². The van der Waals surface area contributed by atoms with E-state index in [1.165, 1.54) is 12.1 Å². The quantitative estimate of drug-likeness (QED) is 0.825. The van der Waals surface area contributed by atoms with Crippen molar-refractivity contribution in [1.82, 2.24) is 20.7 Å². The molecule has 2 N–H and O–H groups in total. The summed E-state index contributed by atoms with van der Waals surface area (Å²) in [6.07, 6.45) is 1.63. The van der Waals surface area contributed by atoms with Gasteiger partial charge in [-0.2, -0.15) is 15.4 Å². The summed E-state index contributed by atoms with van der Waals surface area (Å²) in [4.78, 5) is 0. The molecule has 84 valence electrons. The normalized spacial score (nSPS) is 12.7. The lowest BCUT2D eigenvalue weighted by Crippen LogP contribution is -2.18. The Kier molecular flexibility index (Phi) is 2.96. The summed E-state index contributed by atoms with van der Waals surface area (Å²) in [6, 6.07) is 4.79. The zero-order chi connectivity index (χ0) is 11.5. The molecule has 0 aliphatic heterocycles. The highest BCUT2D eigenvalue weighted by Crippen LogP contribution is 2.21. The minimum absolute atomic E-state index is 0.145. The first-order chi connectivity index (χ1) is 7.70. The number of hydrogen-bond donors (Lipinski definition) is 2. The van der Waals surface area contributed by atoms with Gasteiger partial charge in [0.1, 0.15) is 11.5 Å². The molecule has 1 aromatic heterocycles. The second kappa shape index (κ2) is 4.40. The van der Waals surface area contributed by atoms with Crippen LogP contribution in [0.4, 0.5) is 4.39 Å². The summed E-state index contributed by atoms with van der Waals surface area (Å²) in [5, 5.41) is 13.4. The molecule has 5 heteroatoms. The van der Waals surface area contributed by atoms with Gasteiger partial charge < -0.3 is 5.32 Å². The highest BCUT2D eigenvalue weighted by Gasteiger charge is 2.15. The molecule has 1 unspecified atom stereocenters. The van der Waals surface area contributed by atoms with Crippen LogP contribution in [0.5, 0.6) is 0 Å². The second-order valence-electron chi connectivity index (χ2n) is 3.68. The summed E-state index contributed by atoms with van der Waals surface area (Å²) in [7, 11) is 1.81. The van der Waals surface area contributed by atoms with E-state index in [9.17, 15) is 4.39 Å². The fourth-order valence-electron chi connectivity index (χ4n) is 1.77. The van der Waals surface area contributed by atoms with Gasteiger partial charge in [0.2, 0.25) is 0 Å². The van der Waals surface area contributed by atoms with E-state index in [0.717, 1.165) is 16.8 Å². The van der Waals surface area contributed by atoms with Gasteiger partial charge in [0.05, 0.1) is 12.2 Å². The minimum Gasteiger partial charge on any atom is -0.308 e. The Morgan fingerprint density at radius 3 is 2.75 bits per heavy atom. The molecule has 0 fully saturated rings. The fourth-order valence-corrected chi connectivity index (χ4v) is 1.77. The first-order valence-corrected chi connectivity index (χ1v) is 5.00. The number of benzene rings is 1. The molecule has 4 nitrogen and oxygen atoms in total. The third-order valence-corrected chi connectivity index (χ3v) is 2.42. The van der Waals surface area contributed by atoms with Crippen molar-refractivity contribution in [2.75, 3.05) is 7.05 Å². The fraction of sp³-hybridized carbons (Fsp3) is 0.273. The average molecular weight is 220 g/mol. The monoisotopic (exact) mass is 220 g/mol. The molecule has 0 bridgehead atoms. The zero-order valence-corrected chi connectivity index (χ0v) is 9.16. The number of aromatic nitrogens is 3. The van der Waals surface area contributed by atoms with Crippen molar-refractivity contribution in [1.29, 1.82) is 0 Å². The Morgan fingerprint density at radius 2 is 2.19 bits per heavy atom. The van der Waals surface area contributed by atoms with Gasteiger partial charge >= 0.3 is 0 Å². The van der Waals surface area contributed by atoms with E-state index in [1.54, 1.807) is 13.2 Å². The number of H-pyrrole nitrogens is 1. The van der Waals surface area contributed by atoms with Crippen molar-refractivity contribution in [2.45, 2.75) is 13.0 Å². The number of nitrogens with one attached hydrogen (secondary N) is 2. The van der Waals surface area contributed by atoms with Gasteiger partial charge in [0.25, 0.3) is 0 Å². The van der Waals surface area contributed by atoms with E-state index in [2.05, 4.69) is 20.7 Å². The SMILES string of the molecule is CNC(c1cc(C)cc(F)c1)c1cn[nH]n1. The summed E-state index contributed by atoms with van der Waals surface area (Å²) in [5.74, 6) is -0.237. The van der Waals surface area contributed by atoms with Gasteiger partial charge in [-0.25, -0.2) is 4.39 Å². The van der Waals surface area contributed by atoms with Crippen molar-refractivity contribution in [3.8, 4) is 0 Å². The summed E-state index contributed by atoms with van der Waals surface area (Å²) in [6.45, 7) is 1.86. The summed E-state index contributed by atoms with van der Waals surface area (Å²) < 4.78 is 13.3. The van der Waals surface area contributed by atoms with Crippen LogP contribution in [0.25, 0.3) is 0 Å². The number of halogens is 1. The molecule has 2 rings (SSSR count). The van der Waals surface area contributed by atoms with Gasteiger partial charge in [0.15, 0.2) is 0 Å². The molecule has 0 aliphatic carbocycles. The Hall–Kier alpha value is -1.75. The Bertz CT molecular complexity index is 447. The first kappa shape index (κ1) is 10.8. The molecular formula is C11H13FN4. The third kappa shape index (κ3) is 2.09. The highest BCUT2D eigenvalue weighted by molar-refractivity contribution is 5.30. The number of hydrogen-bond acceptors (Lipinski definition) is 3. The van der Waals surface area contributed by atoms with Crippen LogP contribution in [0, 0.1) is 12.7 Å². The standard InChI is InChI=1S/C11H13FN4/c1-7-3-8(5-9(12)4-7)11(13-2)10-6-14-16-15-10/h3-6,11,13H,1-2H3,(H,14,15,16). The number of nitrogens with zero attached hydrogens (tertiary/aromatic N) is 2. The van der Waals surface area contributed by atoms with Crippen molar-refractivity contribution in [3.63, 3.8) is 0 Å². The van der Waals surface area contributed by atoms with Crippen molar-refractivity contribution >= 4 is 0 Å². The molecule has 1 aromatic carbocycles. The van der Waals surface area contributed by atoms with Crippen LogP contribution in [0.2, 0.25) is 0 Å². The van der Waals surface area contributed by atoms with Crippen LogP contribution in [-0.4, -0.2) is 22.5 Å². The van der Waals surface area contributed by atoms with E-state index in [-0.39, 0.29) is 11.9 Å². The second-order valence-corrected chi connectivity index (χ2v) is 3.68. The van der Waals surface area contributed by atoms with E-state index >= 15 is 0 Å². The first-order valence-electron chi connectivity index (χ1n) is 5.00. The smallest absolute Gasteiger partial charge is 0.123 e. The largest absolute Gasteiger partial charge is 0.308 e. The van der Waals surface area contributed by atoms with E-state index < -0.39 is 0 Å². The molecule has 0 radical (unpaired) electrons. The molecule has 0 saturated carbocycles. The number of aryl methyl sites for hydroxylation is 1. The zero-order valence-electron chi connectivity index (χ0n) is 9.16. The molecule has 16 heavy (non-hydrogen) atoms. The van der Waals surface area contributed by atoms with Crippen LogP contribution in [0.3, 0.4) is 0 Å². The lowest BCUT2D eigenvalue weighted by atomic mass is 10.0. The van der Waals surface area contributed by atoms with E-state index in [1.807, 2.05) is 13.0 Å². The molecule has 1 atom stereocenters. The summed E-state index contributed by atoms with van der Waals surface area (Å²) >= 11 is 0. The topological polar surface area (TPSA) is 53.6 Å². The average Bonchev–Trinajstić information content (AvgIpc) is 2.70. The van der Waals surface area contributed by atoms with Crippen LogP contribution >= 0.6 is 0 Å². The molecule has 1 heterocycles. The van der Waals surface area contributed by atoms with Crippen LogP contribution in [0.1, 0.15) is 22.9 Å². The van der Waals surface area contributed by atoms with Gasteiger partial charge in [-0.05, 0) is 37.2 Å². The Balaban J connectivity index is 2.41. The predicted molar refractivity (Wildman–Crippen MR) is 58.4 cm³/mol. The van der Waals surface area contributed by atoms with Crippen LogP contribution < -0.4 is 5.32 Å². The maximum Gasteiger partial charge on any atom is 0.123 e. The number of aromatic amines is 1. The molecular weight excluding hydrogens is 207 g/mol. The van der Waals surface area contributed by atoms with Crippen molar-refractivity contribution in [2.24, 2.45) is 0 Å². The van der Waals surface area contributed by atoms with E-state index in [4.69, 9.17) is 0 Å². The van der Waals surface area contributed by atoms with Crippen LogP contribution in [0.15, 0.2) is 24.4 Å².